The molecule has 7 nitrogen and oxygen atoms in total. The number of ether oxygens (including phenoxy) is 2. The van der Waals surface area contributed by atoms with Crippen molar-refractivity contribution in [2.75, 3.05) is 25.5 Å². The Morgan fingerprint density at radius 2 is 2.20 bits per heavy atom. The molecule has 1 aliphatic heterocycles. The zero-order valence-electron chi connectivity index (χ0n) is 13.4. The predicted molar refractivity (Wildman–Crippen MR) is 92.0 cm³/mol. The molecule has 0 spiro atoms. The molecule has 1 aromatic carbocycles. The fourth-order valence-corrected chi connectivity index (χ4v) is 2.51. The van der Waals surface area contributed by atoms with Gasteiger partial charge >= 0.3 is 6.03 Å². The number of halogens is 1. The van der Waals surface area contributed by atoms with Gasteiger partial charge in [-0.1, -0.05) is 11.6 Å². The lowest BCUT2D eigenvalue weighted by atomic mass is 10.2. The number of hydrogen-bond acceptors (Lipinski definition) is 5. The van der Waals surface area contributed by atoms with E-state index in [1.54, 1.807) is 35.2 Å². The van der Waals surface area contributed by atoms with E-state index in [0.717, 1.165) is 0 Å². The quantitative estimate of drug-likeness (QED) is 0.907. The summed E-state index contributed by atoms with van der Waals surface area (Å²) in [6.45, 7) is 0.882. The maximum absolute atomic E-state index is 12.3. The molecule has 128 valence electrons. The fraction of sp³-hybridized carbons (Fsp3) is 0.235. The molecule has 3 rings (SSSR count). The van der Waals surface area contributed by atoms with Crippen molar-refractivity contribution in [3.63, 3.8) is 0 Å². The first-order chi connectivity index (χ1) is 12.1. The molecule has 2 heterocycles. The zero-order chi connectivity index (χ0) is 17.8. The Bertz CT molecular complexity index is 814. The summed E-state index contributed by atoms with van der Waals surface area (Å²) >= 11 is 5.95. The number of nitrogens with zero attached hydrogens (tertiary/aromatic N) is 3. The van der Waals surface area contributed by atoms with Crippen LogP contribution >= 0.6 is 11.6 Å². The number of aromatic nitrogens is 1. The van der Waals surface area contributed by atoms with Gasteiger partial charge in [-0.3, -0.25) is 0 Å². The molecule has 2 amide bonds. The van der Waals surface area contributed by atoms with E-state index >= 15 is 0 Å². The Hall–Kier alpha value is -2.98. The third kappa shape index (κ3) is 3.92. The molecule has 0 atom stereocenters. The summed E-state index contributed by atoms with van der Waals surface area (Å²) in [5.74, 6) is 0.966. The Balaban J connectivity index is 1.53. The van der Waals surface area contributed by atoms with Crippen LogP contribution in [0.1, 0.15) is 5.56 Å². The average molecular weight is 359 g/mol. The van der Waals surface area contributed by atoms with Gasteiger partial charge in [0, 0.05) is 17.3 Å². The standard InChI is InChI=1S/C17H15ClN4O3/c1-24-15-4-3-12(18)6-14(15)21-17(23)22-9-13(10-22)25-16-5-2-11(7-19)8-20-16/h2-6,8,13H,9-10H2,1H3,(H,21,23). The highest BCUT2D eigenvalue weighted by atomic mass is 35.5. The summed E-state index contributed by atoms with van der Waals surface area (Å²) in [5, 5.41) is 12.0. The van der Waals surface area contributed by atoms with Crippen molar-refractivity contribution in [3.8, 4) is 17.7 Å². The summed E-state index contributed by atoms with van der Waals surface area (Å²) in [6.07, 6.45) is 1.32. The number of carbonyl (C=O) groups excluding carboxylic acids is 1. The molecule has 25 heavy (non-hydrogen) atoms. The minimum Gasteiger partial charge on any atom is -0.495 e. The van der Waals surface area contributed by atoms with Gasteiger partial charge < -0.3 is 19.7 Å². The van der Waals surface area contributed by atoms with Crippen molar-refractivity contribution in [2.45, 2.75) is 6.10 Å². The van der Waals surface area contributed by atoms with Crippen LogP contribution in [-0.2, 0) is 0 Å². The molecule has 0 saturated carbocycles. The lowest BCUT2D eigenvalue weighted by Crippen LogP contribution is -2.57. The van der Waals surface area contributed by atoms with E-state index in [9.17, 15) is 4.79 Å². The highest BCUT2D eigenvalue weighted by molar-refractivity contribution is 6.31. The highest BCUT2D eigenvalue weighted by Gasteiger charge is 2.33. The van der Waals surface area contributed by atoms with E-state index in [0.29, 0.717) is 41.0 Å². The summed E-state index contributed by atoms with van der Waals surface area (Å²) in [7, 11) is 1.52. The number of urea groups is 1. The first-order valence-corrected chi connectivity index (χ1v) is 7.89. The van der Waals surface area contributed by atoms with Crippen LogP contribution in [0, 0.1) is 11.3 Å². The van der Waals surface area contributed by atoms with Gasteiger partial charge in [0.1, 0.15) is 17.9 Å². The number of carbonyl (C=O) groups is 1. The van der Waals surface area contributed by atoms with E-state index in [1.165, 1.54) is 13.3 Å². The van der Waals surface area contributed by atoms with Crippen molar-refractivity contribution in [2.24, 2.45) is 0 Å². The van der Waals surface area contributed by atoms with Gasteiger partial charge in [0.05, 0.1) is 31.5 Å². The molecule has 8 heteroatoms. The lowest BCUT2D eigenvalue weighted by Gasteiger charge is -2.38. The van der Waals surface area contributed by atoms with Gasteiger partial charge in [0.2, 0.25) is 5.88 Å². The van der Waals surface area contributed by atoms with Gasteiger partial charge in [0.25, 0.3) is 0 Å². The second kappa shape index (κ2) is 7.28. The molecular formula is C17H15ClN4O3. The first kappa shape index (κ1) is 16.9. The maximum Gasteiger partial charge on any atom is 0.322 e. The summed E-state index contributed by atoms with van der Waals surface area (Å²) in [6, 6.07) is 10.0. The average Bonchev–Trinajstić information content (AvgIpc) is 2.58. The SMILES string of the molecule is COc1ccc(Cl)cc1NC(=O)N1CC(Oc2ccc(C#N)cn2)C1. The molecular weight excluding hydrogens is 344 g/mol. The second-order valence-corrected chi connectivity index (χ2v) is 5.85. The summed E-state index contributed by atoms with van der Waals surface area (Å²) in [4.78, 5) is 17.9. The topological polar surface area (TPSA) is 87.5 Å². The third-order valence-electron chi connectivity index (χ3n) is 3.69. The summed E-state index contributed by atoms with van der Waals surface area (Å²) in [5.41, 5.74) is 0.982. The lowest BCUT2D eigenvalue weighted by molar-refractivity contribution is 0.0461. The Kier molecular flexibility index (Phi) is 4.91. The number of benzene rings is 1. The van der Waals surface area contributed by atoms with Crippen LogP contribution in [0.25, 0.3) is 0 Å². The molecule has 0 unspecified atom stereocenters. The van der Waals surface area contributed by atoms with Gasteiger partial charge in [-0.15, -0.1) is 0 Å². The second-order valence-electron chi connectivity index (χ2n) is 5.42. The number of anilines is 1. The number of likely N-dealkylation sites (tertiary alicyclic amines) is 1. The van der Waals surface area contributed by atoms with Crippen molar-refractivity contribution >= 4 is 23.3 Å². The van der Waals surface area contributed by atoms with Crippen LogP contribution in [0.5, 0.6) is 11.6 Å². The van der Waals surface area contributed by atoms with Crippen LogP contribution in [0.2, 0.25) is 5.02 Å². The number of nitrogens with one attached hydrogen (secondary N) is 1. The van der Waals surface area contributed by atoms with E-state index in [4.69, 9.17) is 26.3 Å². The number of methoxy groups -OCH3 is 1. The monoisotopic (exact) mass is 358 g/mol. The Morgan fingerprint density at radius 3 is 2.84 bits per heavy atom. The highest BCUT2D eigenvalue weighted by Crippen LogP contribution is 2.28. The van der Waals surface area contributed by atoms with Gasteiger partial charge in [-0.05, 0) is 24.3 Å². The third-order valence-corrected chi connectivity index (χ3v) is 3.93. The zero-order valence-corrected chi connectivity index (χ0v) is 14.2. The van der Waals surface area contributed by atoms with Gasteiger partial charge in [0.15, 0.2) is 0 Å². The van der Waals surface area contributed by atoms with Crippen molar-refractivity contribution in [1.29, 1.82) is 5.26 Å². The number of rotatable bonds is 4. The Morgan fingerprint density at radius 1 is 1.40 bits per heavy atom. The maximum atomic E-state index is 12.3. The van der Waals surface area contributed by atoms with Crippen molar-refractivity contribution in [1.82, 2.24) is 9.88 Å². The van der Waals surface area contributed by atoms with E-state index < -0.39 is 0 Å². The molecule has 1 saturated heterocycles. The molecule has 1 N–H and O–H groups in total. The smallest absolute Gasteiger partial charge is 0.322 e. The van der Waals surface area contributed by atoms with E-state index in [2.05, 4.69) is 10.3 Å². The van der Waals surface area contributed by atoms with Crippen LogP contribution in [-0.4, -0.2) is 42.2 Å². The number of amides is 2. The molecule has 1 aromatic heterocycles. The number of hydrogen-bond donors (Lipinski definition) is 1. The minimum absolute atomic E-state index is 0.132. The largest absolute Gasteiger partial charge is 0.495 e. The van der Waals surface area contributed by atoms with Crippen LogP contribution in [0.15, 0.2) is 36.5 Å². The molecule has 0 radical (unpaired) electrons. The normalized spacial score (nSPS) is 13.6. The van der Waals surface area contributed by atoms with Gasteiger partial charge in [-0.25, -0.2) is 9.78 Å². The van der Waals surface area contributed by atoms with Crippen LogP contribution in [0.4, 0.5) is 10.5 Å². The van der Waals surface area contributed by atoms with Crippen molar-refractivity contribution in [3.05, 3.63) is 47.1 Å². The number of pyridine rings is 1. The predicted octanol–water partition coefficient (Wildman–Crippen LogP) is 2.91. The summed E-state index contributed by atoms with van der Waals surface area (Å²) < 4.78 is 10.9. The fourth-order valence-electron chi connectivity index (χ4n) is 2.34. The van der Waals surface area contributed by atoms with Crippen LogP contribution in [0.3, 0.4) is 0 Å². The molecule has 1 fully saturated rings. The molecule has 1 aliphatic rings. The van der Waals surface area contributed by atoms with Gasteiger partial charge in [-0.2, -0.15) is 5.26 Å². The Labute approximate surface area is 149 Å². The molecule has 0 bridgehead atoms. The first-order valence-electron chi connectivity index (χ1n) is 7.51. The number of nitriles is 1. The molecule has 0 aliphatic carbocycles. The van der Waals surface area contributed by atoms with E-state index in [1.807, 2.05) is 6.07 Å². The van der Waals surface area contributed by atoms with E-state index in [-0.39, 0.29) is 12.1 Å². The minimum atomic E-state index is -0.256. The van der Waals surface area contributed by atoms with Crippen molar-refractivity contribution < 1.29 is 14.3 Å². The molecule has 2 aromatic rings. The van der Waals surface area contributed by atoms with Crippen LogP contribution < -0.4 is 14.8 Å².